The van der Waals surface area contributed by atoms with E-state index < -0.39 is 0 Å². The topological polar surface area (TPSA) is 91.5 Å². The number of amides is 1. The van der Waals surface area contributed by atoms with E-state index in [1.54, 1.807) is 54.1 Å². The summed E-state index contributed by atoms with van der Waals surface area (Å²) in [7, 11) is 4.86. The van der Waals surface area contributed by atoms with Gasteiger partial charge in [-0.3, -0.25) is 18.8 Å². The van der Waals surface area contributed by atoms with Gasteiger partial charge < -0.3 is 14.4 Å². The lowest BCUT2D eigenvalue weighted by Gasteiger charge is -2.32. The van der Waals surface area contributed by atoms with Crippen LogP contribution in [0.15, 0.2) is 35.5 Å². The third-order valence-electron chi connectivity index (χ3n) is 5.61. The number of aromatic nitrogens is 4. The Hall–Kier alpha value is -3.36. The lowest BCUT2D eigenvalue weighted by atomic mass is 9.96. The Morgan fingerprint density at radius 2 is 1.97 bits per heavy atom. The second-order valence-corrected chi connectivity index (χ2v) is 7.55. The fourth-order valence-corrected chi connectivity index (χ4v) is 3.93. The van der Waals surface area contributed by atoms with Crippen LogP contribution in [0, 0.1) is 5.92 Å². The van der Waals surface area contributed by atoms with Gasteiger partial charge >= 0.3 is 0 Å². The Morgan fingerprint density at radius 1 is 1.20 bits per heavy atom. The van der Waals surface area contributed by atoms with Gasteiger partial charge in [0.1, 0.15) is 11.3 Å². The quantitative estimate of drug-likeness (QED) is 0.635. The lowest BCUT2D eigenvalue weighted by molar-refractivity contribution is 0.0679. The van der Waals surface area contributed by atoms with E-state index >= 15 is 0 Å². The Morgan fingerprint density at radius 3 is 2.67 bits per heavy atom. The van der Waals surface area contributed by atoms with Crippen LogP contribution < -0.4 is 15.0 Å². The molecule has 1 amide bonds. The van der Waals surface area contributed by atoms with Crippen molar-refractivity contribution in [3.63, 3.8) is 0 Å². The normalized spacial score (nSPS) is 14.8. The van der Waals surface area contributed by atoms with E-state index in [9.17, 15) is 9.59 Å². The summed E-state index contributed by atoms with van der Waals surface area (Å²) in [5.41, 5.74) is 1.05. The fraction of sp³-hybridized carbons (Fsp3) is 0.429. The number of likely N-dealkylation sites (tertiary alicyclic amines) is 1. The summed E-state index contributed by atoms with van der Waals surface area (Å²) in [6.45, 7) is 1.86. The number of carbonyl (C=O) groups is 1. The van der Waals surface area contributed by atoms with Gasteiger partial charge in [-0.2, -0.15) is 0 Å². The first-order chi connectivity index (χ1) is 14.5. The van der Waals surface area contributed by atoms with Gasteiger partial charge in [-0.1, -0.05) is 0 Å². The van der Waals surface area contributed by atoms with Gasteiger partial charge in [0.15, 0.2) is 0 Å². The SMILES string of the molecule is COc1ccc2c(=O)n(CC3CCN(C(=O)c4cn(C)nc4OC)CC3)cnc2c1. The summed E-state index contributed by atoms with van der Waals surface area (Å²) in [4.78, 5) is 31.9. The molecular weight excluding hydrogens is 386 g/mol. The van der Waals surface area contributed by atoms with E-state index in [0.29, 0.717) is 53.6 Å². The molecule has 4 rings (SSSR count). The molecule has 9 heteroatoms. The number of piperidine rings is 1. The minimum absolute atomic E-state index is 0.0544. The van der Waals surface area contributed by atoms with E-state index in [-0.39, 0.29) is 11.5 Å². The molecule has 30 heavy (non-hydrogen) atoms. The number of hydrogen-bond acceptors (Lipinski definition) is 6. The zero-order valence-electron chi connectivity index (χ0n) is 17.4. The average Bonchev–Trinajstić information content (AvgIpc) is 3.16. The van der Waals surface area contributed by atoms with Crippen molar-refractivity contribution < 1.29 is 14.3 Å². The number of fused-ring (bicyclic) bond motifs is 1. The van der Waals surface area contributed by atoms with Crippen LogP contribution >= 0.6 is 0 Å². The van der Waals surface area contributed by atoms with E-state index in [0.717, 1.165) is 12.8 Å². The molecule has 0 unspecified atom stereocenters. The molecule has 0 atom stereocenters. The zero-order chi connectivity index (χ0) is 21.3. The summed E-state index contributed by atoms with van der Waals surface area (Å²) < 4.78 is 13.7. The second-order valence-electron chi connectivity index (χ2n) is 7.55. The molecule has 0 N–H and O–H groups in total. The molecular formula is C21H25N5O4. The summed E-state index contributed by atoms with van der Waals surface area (Å²) in [6, 6.07) is 5.28. The first-order valence-corrected chi connectivity index (χ1v) is 9.90. The summed E-state index contributed by atoms with van der Waals surface area (Å²) in [6.07, 6.45) is 4.92. The molecule has 0 radical (unpaired) electrons. The van der Waals surface area contributed by atoms with Crippen molar-refractivity contribution in [2.24, 2.45) is 13.0 Å². The van der Waals surface area contributed by atoms with Crippen LogP contribution in [-0.4, -0.2) is 57.4 Å². The van der Waals surface area contributed by atoms with E-state index in [1.165, 1.54) is 7.11 Å². The molecule has 1 aliphatic rings. The summed E-state index contributed by atoms with van der Waals surface area (Å²) >= 11 is 0. The van der Waals surface area contributed by atoms with Gasteiger partial charge in [0, 0.05) is 38.9 Å². The Labute approximate surface area is 173 Å². The van der Waals surface area contributed by atoms with Crippen molar-refractivity contribution in [1.82, 2.24) is 24.2 Å². The standard InChI is InChI=1S/C21H25N5O4/c1-24-12-17(19(23-24)30-3)21(28)25-8-6-14(7-9-25)11-26-13-22-18-10-15(29-2)4-5-16(18)20(26)27/h4-5,10,12-14H,6-9,11H2,1-3H3. The van der Waals surface area contributed by atoms with Crippen molar-refractivity contribution in [2.45, 2.75) is 19.4 Å². The molecule has 0 bridgehead atoms. The predicted molar refractivity (Wildman–Crippen MR) is 111 cm³/mol. The van der Waals surface area contributed by atoms with Crippen LogP contribution in [0.4, 0.5) is 0 Å². The molecule has 0 spiro atoms. The number of methoxy groups -OCH3 is 2. The summed E-state index contributed by atoms with van der Waals surface area (Å²) in [5.74, 6) is 1.25. The highest BCUT2D eigenvalue weighted by Crippen LogP contribution is 2.24. The van der Waals surface area contributed by atoms with Crippen LogP contribution in [0.2, 0.25) is 0 Å². The van der Waals surface area contributed by atoms with E-state index in [1.807, 2.05) is 4.90 Å². The largest absolute Gasteiger partial charge is 0.497 e. The van der Waals surface area contributed by atoms with E-state index in [4.69, 9.17) is 9.47 Å². The fourth-order valence-electron chi connectivity index (χ4n) is 3.93. The molecule has 0 aliphatic carbocycles. The Bertz CT molecular complexity index is 1130. The van der Waals surface area contributed by atoms with Crippen LogP contribution in [-0.2, 0) is 13.6 Å². The minimum Gasteiger partial charge on any atom is -0.497 e. The molecule has 2 aromatic heterocycles. The molecule has 0 saturated carbocycles. The number of carbonyl (C=O) groups excluding carboxylic acids is 1. The maximum Gasteiger partial charge on any atom is 0.261 e. The van der Waals surface area contributed by atoms with Gasteiger partial charge in [0.2, 0.25) is 5.88 Å². The first-order valence-electron chi connectivity index (χ1n) is 9.90. The Kier molecular flexibility index (Phi) is 5.43. The molecule has 1 fully saturated rings. The van der Waals surface area contributed by atoms with Crippen LogP contribution in [0.25, 0.3) is 10.9 Å². The minimum atomic E-state index is -0.0723. The van der Waals surface area contributed by atoms with Crippen LogP contribution in [0.3, 0.4) is 0 Å². The highest BCUT2D eigenvalue weighted by Gasteiger charge is 2.27. The number of aryl methyl sites for hydroxylation is 1. The van der Waals surface area contributed by atoms with Crippen molar-refractivity contribution in [3.05, 3.63) is 46.6 Å². The van der Waals surface area contributed by atoms with Gasteiger partial charge in [0.25, 0.3) is 11.5 Å². The van der Waals surface area contributed by atoms with Crippen molar-refractivity contribution >= 4 is 16.8 Å². The third-order valence-corrected chi connectivity index (χ3v) is 5.61. The zero-order valence-corrected chi connectivity index (χ0v) is 17.4. The number of hydrogen-bond donors (Lipinski definition) is 0. The summed E-state index contributed by atoms with van der Waals surface area (Å²) in [5, 5.41) is 4.73. The highest BCUT2D eigenvalue weighted by atomic mass is 16.5. The third kappa shape index (κ3) is 3.74. The maximum absolute atomic E-state index is 12.8. The van der Waals surface area contributed by atoms with Crippen molar-refractivity contribution in [2.75, 3.05) is 27.3 Å². The average molecular weight is 411 g/mol. The van der Waals surface area contributed by atoms with E-state index in [2.05, 4.69) is 10.1 Å². The maximum atomic E-state index is 12.8. The molecule has 158 valence electrons. The van der Waals surface area contributed by atoms with Crippen molar-refractivity contribution in [3.8, 4) is 11.6 Å². The number of nitrogens with zero attached hydrogens (tertiary/aromatic N) is 5. The first kappa shape index (κ1) is 19.9. The highest BCUT2D eigenvalue weighted by molar-refractivity contribution is 5.96. The monoisotopic (exact) mass is 411 g/mol. The number of benzene rings is 1. The molecule has 3 heterocycles. The second kappa shape index (κ2) is 8.17. The molecule has 9 nitrogen and oxygen atoms in total. The van der Waals surface area contributed by atoms with Gasteiger partial charge in [0.05, 0.1) is 31.4 Å². The molecule has 1 saturated heterocycles. The predicted octanol–water partition coefficient (Wildman–Crippen LogP) is 1.70. The number of rotatable bonds is 5. The van der Waals surface area contributed by atoms with Gasteiger partial charge in [-0.15, -0.1) is 5.10 Å². The number of ether oxygens (including phenoxy) is 2. The lowest BCUT2D eigenvalue weighted by Crippen LogP contribution is -2.40. The Balaban J connectivity index is 1.43. The molecule has 1 aliphatic heterocycles. The van der Waals surface area contributed by atoms with Crippen molar-refractivity contribution in [1.29, 1.82) is 0 Å². The molecule has 3 aromatic rings. The van der Waals surface area contributed by atoms with Crippen LogP contribution in [0.1, 0.15) is 23.2 Å². The van der Waals surface area contributed by atoms with Gasteiger partial charge in [-0.25, -0.2) is 4.98 Å². The molecule has 1 aromatic carbocycles. The van der Waals surface area contributed by atoms with Gasteiger partial charge in [-0.05, 0) is 30.9 Å². The van der Waals surface area contributed by atoms with Crippen LogP contribution in [0.5, 0.6) is 11.6 Å². The smallest absolute Gasteiger partial charge is 0.261 e.